The fraction of sp³-hybridized carbons (Fsp3) is 0.222. The highest BCUT2D eigenvalue weighted by atomic mass is 79.9. The molecule has 0 aliphatic heterocycles. The Hall–Kier alpha value is -0.760. The lowest BCUT2D eigenvalue weighted by Crippen LogP contribution is -2.11. The number of para-hydroxylation sites is 1. The number of ether oxygens (including phenoxy) is 1. The summed E-state index contributed by atoms with van der Waals surface area (Å²) in [6, 6.07) is 7.37. The summed E-state index contributed by atoms with van der Waals surface area (Å²) in [6.07, 6.45) is 0. The Labute approximate surface area is 97.4 Å². The highest BCUT2D eigenvalue weighted by Gasteiger charge is 2.06. The second-order valence-corrected chi connectivity index (χ2v) is 3.22. The van der Waals surface area contributed by atoms with E-state index >= 15 is 0 Å². The van der Waals surface area contributed by atoms with E-state index in [0.29, 0.717) is 24.5 Å². The first kappa shape index (κ1) is 13.2. The first-order valence-corrected chi connectivity index (χ1v) is 4.60. The lowest BCUT2D eigenvalue weighted by atomic mass is 10.2. The van der Waals surface area contributed by atoms with E-state index in [9.17, 15) is 0 Å². The van der Waals surface area contributed by atoms with Gasteiger partial charge in [-0.1, -0.05) is 6.07 Å². The van der Waals surface area contributed by atoms with E-state index in [2.05, 4.69) is 15.9 Å². The van der Waals surface area contributed by atoms with Crippen LogP contribution in [0.25, 0.3) is 0 Å². The molecule has 0 heterocycles. The molecule has 0 spiro atoms. The van der Waals surface area contributed by atoms with Gasteiger partial charge in [-0.25, -0.2) is 0 Å². The van der Waals surface area contributed by atoms with E-state index in [1.54, 1.807) is 12.1 Å². The number of hydrogen-bond donors (Lipinski definition) is 1. The van der Waals surface area contributed by atoms with Crippen molar-refractivity contribution in [2.75, 3.05) is 13.2 Å². The largest absolute Gasteiger partial charge is 0.490 e. The molecule has 1 rings (SSSR count). The average Bonchev–Trinajstić information content (AvgIpc) is 2.15. The molecule has 0 amide bonds. The van der Waals surface area contributed by atoms with Crippen LogP contribution in [0.3, 0.4) is 0 Å². The Kier molecular flexibility index (Phi) is 6.30. The third-order valence-electron chi connectivity index (χ3n) is 1.45. The van der Waals surface area contributed by atoms with Crippen molar-refractivity contribution in [1.82, 2.24) is 0 Å². The van der Waals surface area contributed by atoms with E-state index < -0.39 is 0 Å². The smallest absolute Gasteiger partial charge is 0.151 e. The molecule has 0 radical (unpaired) electrons. The van der Waals surface area contributed by atoms with Gasteiger partial charge in [0.1, 0.15) is 12.7 Å². The third-order valence-corrected chi connectivity index (χ3v) is 2.08. The Balaban J connectivity index is 0.00000169. The fourth-order valence-electron chi connectivity index (χ4n) is 0.905. The third kappa shape index (κ3) is 3.18. The molecule has 0 aliphatic rings. The maximum absolute atomic E-state index is 8.76. The van der Waals surface area contributed by atoms with Crippen LogP contribution in [0.4, 0.5) is 0 Å². The number of nitrogens with two attached hydrogens (primary N) is 1. The van der Waals surface area contributed by atoms with Gasteiger partial charge in [-0.05, 0) is 28.1 Å². The van der Waals surface area contributed by atoms with Crippen LogP contribution in [0, 0.1) is 11.3 Å². The molecule has 0 unspecified atom stereocenters. The predicted molar refractivity (Wildman–Crippen MR) is 60.7 cm³/mol. The van der Waals surface area contributed by atoms with Crippen LogP contribution in [-0.4, -0.2) is 13.2 Å². The standard InChI is InChI=1S/C9H9BrN2O.ClH/c10-8-3-1-2-7(6-12)9(8)13-5-4-11;/h1-3H,4-5,11H2;1H. The minimum absolute atomic E-state index is 0. The minimum Gasteiger partial charge on any atom is -0.490 e. The Morgan fingerprint density at radius 2 is 2.21 bits per heavy atom. The summed E-state index contributed by atoms with van der Waals surface area (Å²) >= 11 is 3.30. The summed E-state index contributed by atoms with van der Waals surface area (Å²) in [5, 5.41) is 8.76. The molecular weight excluding hydrogens is 267 g/mol. The highest BCUT2D eigenvalue weighted by Crippen LogP contribution is 2.28. The monoisotopic (exact) mass is 276 g/mol. The van der Waals surface area contributed by atoms with E-state index in [4.69, 9.17) is 15.7 Å². The predicted octanol–water partition coefficient (Wildman–Crippen LogP) is 2.08. The normalized spacial score (nSPS) is 8.64. The summed E-state index contributed by atoms with van der Waals surface area (Å²) in [5.41, 5.74) is 5.81. The molecule has 1 aromatic rings. The van der Waals surface area contributed by atoms with Gasteiger partial charge in [-0.15, -0.1) is 12.4 Å². The van der Waals surface area contributed by atoms with E-state index in [0.717, 1.165) is 4.47 Å². The van der Waals surface area contributed by atoms with Gasteiger partial charge in [0.05, 0.1) is 10.0 Å². The molecule has 0 bridgehead atoms. The van der Waals surface area contributed by atoms with Crippen LogP contribution in [0.2, 0.25) is 0 Å². The highest BCUT2D eigenvalue weighted by molar-refractivity contribution is 9.10. The van der Waals surface area contributed by atoms with Crippen molar-refractivity contribution < 1.29 is 4.74 Å². The van der Waals surface area contributed by atoms with Gasteiger partial charge in [0.2, 0.25) is 0 Å². The number of halogens is 2. The molecule has 0 aliphatic carbocycles. The van der Waals surface area contributed by atoms with E-state index in [1.807, 2.05) is 12.1 Å². The molecule has 14 heavy (non-hydrogen) atoms. The van der Waals surface area contributed by atoms with Gasteiger partial charge in [0.25, 0.3) is 0 Å². The maximum Gasteiger partial charge on any atom is 0.151 e. The fourth-order valence-corrected chi connectivity index (χ4v) is 1.39. The van der Waals surface area contributed by atoms with Gasteiger partial charge < -0.3 is 10.5 Å². The number of hydrogen-bond acceptors (Lipinski definition) is 3. The van der Waals surface area contributed by atoms with Crippen LogP contribution < -0.4 is 10.5 Å². The van der Waals surface area contributed by atoms with Crippen molar-refractivity contribution in [3.8, 4) is 11.8 Å². The van der Waals surface area contributed by atoms with Crippen LogP contribution in [0.15, 0.2) is 22.7 Å². The zero-order valence-corrected chi connectivity index (χ0v) is 9.77. The average molecular weight is 278 g/mol. The SMILES string of the molecule is Cl.N#Cc1cccc(Br)c1OCCN. The van der Waals surface area contributed by atoms with Gasteiger partial charge in [0.15, 0.2) is 5.75 Å². The molecule has 5 heteroatoms. The van der Waals surface area contributed by atoms with Crippen molar-refractivity contribution in [3.05, 3.63) is 28.2 Å². The molecule has 0 saturated carbocycles. The Morgan fingerprint density at radius 1 is 1.50 bits per heavy atom. The number of nitrogens with zero attached hydrogens (tertiary/aromatic N) is 1. The topological polar surface area (TPSA) is 59.0 Å². The number of nitriles is 1. The zero-order chi connectivity index (χ0) is 9.68. The van der Waals surface area contributed by atoms with Crippen molar-refractivity contribution in [2.24, 2.45) is 5.73 Å². The number of benzene rings is 1. The van der Waals surface area contributed by atoms with Crippen molar-refractivity contribution in [1.29, 1.82) is 5.26 Å². The summed E-state index contributed by atoms with van der Waals surface area (Å²) in [6.45, 7) is 0.851. The maximum atomic E-state index is 8.76. The van der Waals surface area contributed by atoms with E-state index in [-0.39, 0.29) is 12.4 Å². The van der Waals surface area contributed by atoms with Crippen molar-refractivity contribution in [3.63, 3.8) is 0 Å². The van der Waals surface area contributed by atoms with Crippen LogP contribution in [0.5, 0.6) is 5.75 Å². The molecule has 2 N–H and O–H groups in total. The molecule has 3 nitrogen and oxygen atoms in total. The van der Waals surface area contributed by atoms with Crippen molar-refractivity contribution >= 4 is 28.3 Å². The summed E-state index contributed by atoms with van der Waals surface area (Å²) in [4.78, 5) is 0. The molecular formula is C9H10BrClN2O. The van der Waals surface area contributed by atoms with Gasteiger partial charge in [-0.3, -0.25) is 0 Å². The van der Waals surface area contributed by atoms with Crippen LogP contribution >= 0.6 is 28.3 Å². The number of rotatable bonds is 3. The van der Waals surface area contributed by atoms with Crippen molar-refractivity contribution in [2.45, 2.75) is 0 Å². The summed E-state index contributed by atoms with van der Waals surface area (Å²) < 4.78 is 6.09. The Morgan fingerprint density at radius 3 is 2.79 bits per heavy atom. The quantitative estimate of drug-likeness (QED) is 0.920. The van der Waals surface area contributed by atoms with Crippen LogP contribution in [0.1, 0.15) is 5.56 Å². The lowest BCUT2D eigenvalue weighted by Gasteiger charge is -2.07. The Bertz CT molecular complexity index is 338. The second kappa shape index (κ2) is 6.66. The summed E-state index contributed by atoms with van der Waals surface area (Å²) in [7, 11) is 0. The first-order chi connectivity index (χ1) is 6.29. The molecule has 0 atom stereocenters. The van der Waals surface area contributed by atoms with Gasteiger partial charge in [-0.2, -0.15) is 5.26 Å². The van der Waals surface area contributed by atoms with Crippen LogP contribution in [-0.2, 0) is 0 Å². The van der Waals surface area contributed by atoms with Gasteiger partial charge in [0, 0.05) is 6.54 Å². The summed E-state index contributed by atoms with van der Waals surface area (Å²) in [5.74, 6) is 0.565. The molecule has 0 aromatic heterocycles. The lowest BCUT2D eigenvalue weighted by molar-refractivity contribution is 0.325. The second-order valence-electron chi connectivity index (χ2n) is 2.37. The molecule has 1 aromatic carbocycles. The zero-order valence-electron chi connectivity index (χ0n) is 7.37. The molecule has 0 fully saturated rings. The minimum atomic E-state index is 0. The first-order valence-electron chi connectivity index (χ1n) is 3.81. The molecule has 0 saturated heterocycles. The van der Waals surface area contributed by atoms with E-state index in [1.165, 1.54) is 0 Å². The molecule has 76 valence electrons. The van der Waals surface area contributed by atoms with Gasteiger partial charge >= 0.3 is 0 Å².